The number of aromatic nitrogens is 1. The molecule has 0 saturated carbocycles. The molecule has 3 rings (SSSR count). The molecule has 0 bridgehead atoms. The summed E-state index contributed by atoms with van der Waals surface area (Å²) >= 11 is 0. The topological polar surface area (TPSA) is 54.0 Å². The first kappa shape index (κ1) is 18.6. The fourth-order valence-electron chi connectivity index (χ4n) is 2.68. The molecule has 0 unspecified atom stereocenters. The molecule has 27 heavy (non-hydrogen) atoms. The fraction of sp³-hybridized carbons (Fsp3) is 0.182. The molecule has 0 radical (unpaired) electrons. The SMILES string of the molecule is Cc1ccc(CNc2cc(C(=O)NCCc3ccccc3F)ccn2)cc1. The summed E-state index contributed by atoms with van der Waals surface area (Å²) in [6.45, 7) is 3.05. The summed E-state index contributed by atoms with van der Waals surface area (Å²) in [6.07, 6.45) is 2.05. The summed E-state index contributed by atoms with van der Waals surface area (Å²) in [5, 5.41) is 6.05. The summed E-state index contributed by atoms with van der Waals surface area (Å²) in [6, 6.07) is 18.2. The van der Waals surface area contributed by atoms with Gasteiger partial charge in [0.25, 0.3) is 5.91 Å². The second-order valence-electron chi connectivity index (χ2n) is 6.37. The number of hydrogen-bond acceptors (Lipinski definition) is 3. The van der Waals surface area contributed by atoms with Gasteiger partial charge in [0, 0.05) is 24.8 Å². The van der Waals surface area contributed by atoms with Crippen molar-refractivity contribution < 1.29 is 9.18 Å². The number of halogens is 1. The molecule has 0 aliphatic heterocycles. The Morgan fingerprint density at radius 1 is 1.07 bits per heavy atom. The van der Waals surface area contributed by atoms with Crippen molar-refractivity contribution >= 4 is 11.7 Å². The number of pyridine rings is 1. The number of carbonyl (C=O) groups excluding carboxylic acids is 1. The van der Waals surface area contributed by atoms with Crippen molar-refractivity contribution in [2.45, 2.75) is 19.9 Å². The second-order valence-corrected chi connectivity index (χ2v) is 6.37. The highest BCUT2D eigenvalue weighted by molar-refractivity contribution is 5.94. The molecule has 0 aliphatic rings. The highest BCUT2D eigenvalue weighted by Crippen LogP contribution is 2.10. The highest BCUT2D eigenvalue weighted by atomic mass is 19.1. The van der Waals surface area contributed by atoms with Gasteiger partial charge in [-0.1, -0.05) is 48.0 Å². The standard InChI is InChI=1S/C22H22FN3O/c1-16-6-8-17(9-7-16)15-26-21-14-19(11-12-24-21)22(27)25-13-10-18-4-2-3-5-20(18)23/h2-9,11-12,14H,10,13,15H2,1H3,(H,24,26)(H,25,27). The Morgan fingerprint density at radius 2 is 1.85 bits per heavy atom. The van der Waals surface area contributed by atoms with E-state index in [0.29, 0.717) is 36.5 Å². The van der Waals surface area contributed by atoms with Gasteiger partial charge in [-0.15, -0.1) is 0 Å². The average molecular weight is 363 g/mol. The van der Waals surface area contributed by atoms with Gasteiger partial charge in [0.05, 0.1) is 0 Å². The van der Waals surface area contributed by atoms with Crippen LogP contribution in [0.15, 0.2) is 66.9 Å². The molecule has 3 aromatic rings. The minimum Gasteiger partial charge on any atom is -0.366 e. The van der Waals surface area contributed by atoms with Crippen LogP contribution in [0.5, 0.6) is 0 Å². The lowest BCUT2D eigenvalue weighted by Crippen LogP contribution is -2.26. The van der Waals surface area contributed by atoms with Crippen LogP contribution in [-0.2, 0) is 13.0 Å². The van der Waals surface area contributed by atoms with Crippen molar-refractivity contribution in [2.24, 2.45) is 0 Å². The number of anilines is 1. The minimum absolute atomic E-state index is 0.202. The third-order valence-electron chi connectivity index (χ3n) is 4.25. The van der Waals surface area contributed by atoms with Crippen molar-refractivity contribution in [3.63, 3.8) is 0 Å². The number of carbonyl (C=O) groups is 1. The van der Waals surface area contributed by atoms with Crippen molar-refractivity contribution in [1.29, 1.82) is 0 Å². The zero-order chi connectivity index (χ0) is 19.1. The van der Waals surface area contributed by atoms with Gasteiger partial charge in [0.15, 0.2) is 0 Å². The van der Waals surface area contributed by atoms with Crippen molar-refractivity contribution in [1.82, 2.24) is 10.3 Å². The predicted molar refractivity (Wildman–Crippen MR) is 105 cm³/mol. The molecule has 0 saturated heterocycles. The number of amides is 1. The van der Waals surface area contributed by atoms with Crippen molar-refractivity contribution in [3.8, 4) is 0 Å². The quantitative estimate of drug-likeness (QED) is 0.664. The summed E-state index contributed by atoms with van der Waals surface area (Å²) in [7, 11) is 0. The first-order valence-corrected chi connectivity index (χ1v) is 8.89. The first-order valence-electron chi connectivity index (χ1n) is 8.89. The summed E-state index contributed by atoms with van der Waals surface area (Å²) in [5.41, 5.74) is 3.46. The molecule has 0 atom stereocenters. The number of nitrogens with zero attached hydrogens (tertiary/aromatic N) is 1. The molecule has 2 N–H and O–H groups in total. The Hall–Kier alpha value is -3.21. The van der Waals surface area contributed by atoms with Gasteiger partial charge < -0.3 is 10.6 Å². The maximum absolute atomic E-state index is 13.6. The Balaban J connectivity index is 1.53. The van der Waals surface area contributed by atoms with E-state index in [0.717, 1.165) is 5.56 Å². The maximum Gasteiger partial charge on any atom is 0.251 e. The lowest BCUT2D eigenvalue weighted by molar-refractivity contribution is 0.0954. The number of aryl methyl sites for hydroxylation is 1. The van der Waals surface area contributed by atoms with Crippen LogP contribution in [0.1, 0.15) is 27.0 Å². The monoisotopic (exact) mass is 363 g/mol. The van der Waals surface area contributed by atoms with Crippen LogP contribution in [0.2, 0.25) is 0 Å². The summed E-state index contributed by atoms with van der Waals surface area (Å²) in [4.78, 5) is 16.6. The van der Waals surface area contributed by atoms with Gasteiger partial charge in [-0.05, 0) is 42.7 Å². The third kappa shape index (κ3) is 5.38. The fourth-order valence-corrected chi connectivity index (χ4v) is 2.68. The van der Waals surface area contributed by atoms with E-state index in [4.69, 9.17) is 0 Å². The summed E-state index contributed by atoms with van der Waals surface area (Å²) < 4.78 is 13.6. The Kier molecular flexibility index (Phi) is 6.15. The van der Waals surface area contributed by atoms with Gasteiger partial charge in [-0.25, -0.2) is 9.37 Å². The largest absolute Gasteiger partial charge is 0.366 e. The Labute approximate surface area is 158 Å². The van der Waals surface area contributed by atoms with Crippen LogP contribution >= 0.6 is 0 Å². The predicted octanol–water partition coefficient (Wildman–Crippen LogP) is 4.11. The van der Waals surface area contributed by atoms with Crippen LogP contribution < -0.4 is 10.6 Å². The molecule has 5 heteroatoms. The van der Waals surface area contributed by atoms with Crippen molar-refractivity contribution in [2.75, 3.05) is 11.9 Å². The molecule has 138 valence electrons. The molecule has 1 aromatic heterocycles. The van der Waals surface area contributed by atoms with Gasteiger partial charge in [0.1, 0.15) is 11.6 Å². The maximum atomic E-state index is 13.6. The van der Waals surface area contributed by atoms with Crippen LogP contribution in [0, 0.1) is 12.7 Å². The third-order valence-corrected chi connectivity index (χ3v) is 4.25. The zero-order valence-corrected chi connectivity index (χ0v) is 15.2. The van der Waals surface area contributed by atoms with E-state index in [-0.39, 0.29) is 11.7 Å². The summed E-state index contributed by atoms with van der Waals surface area (Å²) in [5.74, 6) is 0.183. The molecular formula is C22H22FN3O. The molecule has 0 spiro atoms. The average Bonchev–Trinajstić information content (AvgIpc) is 2.69. The van der Waals surface area contributed by atoms with E-state index in [1.807, 2.05) is 6.92 Å². The molecule has 4 nitrogen and oxygen atoms in total. The van der Waals surface area contributed by atoms with Crippen molar-refractivity contribution in [3.05, 3.63) is 94.9 Å². The Bertz CT molecular complexity index is 909. The van der Waals surface area contributed by atoms with E-state index in [2.05, 4.69) is 39.9 Å². The zero-order valence-electron chi connectivity index (χ0n) is 15.2. The van der Waals surface area contributed by atoms with E-state index >= 15 is 0 Å². The molecule has 2 aromatic carbocycles. The number of rotatable bonds is 7. The lowest BCUT2D eigenvalue weighted by Gasteiger charge is -2.09. The highest BCUT2D eigenvalue weighted by Gasteiger charge is 2.07. The minimum atomic E-state index is -0.252. The first-order chi connectivity index (χ1) is 13.1. The van der Waals surface area contributed by atoms with Crippen LogP contribution in [0.3, 0.4) is 0 Å². The molecule has 1 amide bonds. The molecule has 1 heterocycles. The number of nitrogens with one attached hydrogen (secondary N) is 2. The molecule has 0 aliphatic carbocycles. The number of benzene rings is 2. The van der Waals surface area contributed by atoms with E-state index < -0.39 is 0 Å². The Morgan fingerprint density at radius 3 is 2.63 bits per heavy atom. The van der Waals surface area contributed by atoms with Crippen LogP contribution in [0.4, 0.5) is 10.2 Å². The normalized spacial score (nSPS) is 10.4. The van der Waals surface area contributed by atoms with E-state index in [9.17, 15) is 9.18 Å². The van der Waals surface area contributed by atoms with E-state index in [1.165, 1.54) is 11.6 Å². The van der Waals surface area contributed by atoms with Gasteiger partial charge in [-0.3, -0.25) is 4.79 Å². The van der Waals surface area contributed by atoms with Gasteiger partial charge in [-0.2, -0.15) is 0 Å². The lowest BCUT2D eigenvalue weighted by atomic mass is 10.1. The van der Waals surface area contributed by atoms with Crippen LogP contribution in [0.25, 0.3) is 0 Å². The molecular weight excluding hydrogens is 341 g/mol. The molecule has 0 fully saturated rings. The smallest absolute Gasteiger partial charge is 0.251 e. The van der Waals surface area contributed by atoms with Gasteiger partial charge in [0.2, 0.25) is 0 Å². The number of hydrogen-bond donors (Lipinski definition) is 2. The van der Waals surface area contributed by atoms with E-state index in [1.54, 1.807) is 36.5 Å². The second kappa shape index (κ2) is 8.94. The van der Waals surface area contributed by atoms with Crippen LogP contribution in [-0.4, -0.2) is 17.4 Å². The van der Waals surface area contributed by atoms with Gasteiger partial charge >= 0.3 is 0 Å².